The van der Waals surface area contributed by atoms with Crippen LogP contribution in [0.25, 0.3) is 0 Å². The molecule has 0 aliphatic carbocycles. The van der Waals surface area contributed by atoms with Gasteiger partial charge in [0.05, 0.1) is 11.3 Å². The number of carbonyl (C=O) groups is 1. The monoisotopic (exact) mass is 358 g/mol. The maximum atomic E-state index is 12.7. The fourth-order valence-electron chi connectivity index (χ4n) is 2.75. The van der Waals surface area contributed by atoms with Crippen LogP contribution in [-0.4, -0.2) is 57.7 Å². The van der Waals surface area contributed by atoms with Gasteiger partial charge in [-0.25, -0.2) is 9.97 Å². The van der Waals surface area contributed by atoms with Crippen LogP contribution in [0.15, 0.2) is 12.3 Å². The first-order chi connectivity index (χ1) is 12.3. The number of aromatic nitrogens is 4. The van der Waals surface area contributed by atoms with E-state index >= 15 is 0 Å². The highest BCUT2D eigenvalue weighted by Gasteiger charge is 2.18. The molecule has 0 aromatic carbocycles. The van der Waals surface area contributed by atoms with Crippen molar-refractivity contribution >= 4 is 11.9 Å². The molecule has 2 aromatic heterocycles. The zero-order valence-corrected chi connectivity index (χ0v) is 16.8. The molecule has 0 N–H and O–H groups in total. The van der Waals surface area contributed by atoms with Gasteiger partial charge in [-0.15, -0.1) is 0 Å². The van der Waals surface area contributed by atoms with E-state index in [1.807, 2.05) is 49.8 Å². The van der Waals surface area contributed by atoms with Gasteiger partial charge in [0.2, 0.25) is 5.95 Å². The van der Waals surface area contributed by atoms with Crippen LogP contribution < -0.4 is 4.90 Å². The van der Waals surface area contributed by atoms with Crippen molar-refractivity contribution < 1.29 is 4.79 Å². The van der Waals surface area contributed by atoms with Gasteiger partial charge in [0.15, 0.2) is 0 Å². The summed E-state index contributed by atoms with van der Waals surface area (Å²) in [5.74, 6) is 0.701. The fraction of sp³-hybridized carbons (Fsp3) is 0.579. The lowest BCUT2D eigenvalue weighted by atomic mass is 10.2. The summed E-state index contributed by atoms with van der Waals surface area (Å²) in [5.41, 5.74) is 3.44. The molecule has 0 aliphatic rings. The molecule has 0 atom stereocenters. The summed E-state index contributed by atoms with van der Waals surface area (Å²) in [6, 6.07) is 2.00. The molecule has 0 spiro atoms. The molecule has 2 aromatic rings. The molecule has 7 heteroatoms. The number of anilines is 1. The number of hydrogen-bond acceptors (Lipinski definition) is 5. The first kappa shape index (κ1) is 19.9. The first-order valence-corrected chi connectivity index (χ1v) is 9.20. The Kier molecular flexibility index (Phi) is 6.71. The van der Waals surface area contributed by atoms with Crippen LogP contribution in [0.2, 0.25) is 0 Å². The Labute approximate surface area is 156 Å². The van der Waals surface area contributed by atoms with Crippen LogP contribution in [0, 0.1) is 13.8 Å². The predicted molar refractivity (Wildman–Crippen MR) is 104 cm³/mol. The Morgan fingerprint density at radius 3 is 2.54 bits per heavy atom. The van der Waals surface area contributed by atoms with E-state index < -0.39 is 0 Å². The second-order valence-electron chi connectivity index (χ2n) is 6.69. The van der Waals surface area contributed by atoms with E-state index in [1.165, 1.54) is 0 Å². The molecular formula is C19H30N6O. The molecule has 0 bridgehead atoms. The minimum atomic E-state index is -0.00217. The third-order valence-corrected chi connectivity index (χ3v) is 4.35. The van der Waals surface area contributed by atoms with Crippen LogP contribution in [0.4, 0.5) is 5.95 Å². The van der Waals surface area contributed by atoms with Gasteiger partial charge in [0.25, 0.3) is 5.91 Å². The van der Waals surface area contributed by atoms with Crippen LogP contribution in [0.3, 0.4) is 0 Å². The van der Waals surface area contributed by atoms with Crippen molar-refractivity contribution in [3.05, 3.63) is 34.9 Å². The molecule has 1 amide bonds. The Hall–Kier alpha value is -2.44. The van der Waals surface area contributed by atoms with E-state index in [1.54, 1.807) is 4.90 Å². The van der Waals surface area contributed by atoms with Gasteiger partial charge in [-0.3, -0.25) is 9.48 Å². The van der Waals surface area contributed by atoms with Gasteiger partial charge in [0.1, 0.15) is 0 Å². The molecule has 0 saturated heterocycles. The zero-order valence-electron chi connectivity index (χ0n) is 16.8. The van der Waals surface area contributed by atoms with Crippen molar-refractivity contribution in [3.8, 4) is 0 Å². The third-order valence-electron chi connectivity index (χ3n) is 4.35. The van der Waals surface area contributed by atoms with Crippen molar-refractivity contribution in [2.45, 2.75) is 47.1 Å². The minimum Gasteiger partial charge on any atom is -0.342 e. The van der Waals surface area contributed by atoms with E-state index in [0.717, 1.165) is 36.5 Å². The first-order valence-electron chi connectivity index (χ1n) is 9.20. The topological polar surface area (TPSA) is 67.2 Å². The normalized spacial score (nSPS) is 10.8. The molecule has 0 unspecified atom stereocenters. The van der Waals surface area contributed by atoms with E-state index in [2.05, 4.69) is 28.9 Å². The number of rotatable bonds is 8. The Morgan fingerprint density at radius 2 is 1.88 bits per heavy atom. The summed E-state index contributed by atoms with van der Waals surface area (Å²) in [6.07, 6.45) is 3.72. The number of aryl methyl sites for hydroxylation is 4. The molecule has 0 radical (unpaired) electrons. The van der Waals surface area contributed by atoms with Gasteiger partial charge < -0.3 is 9.80 Å². The average molecular weight is 358 g/mol. The fourth-order valence-corrected chi connectivity index (χ4v) is 2.75. The lowest BCUT2D eigenvalue weighted by molar-refractivity contribution is 0.0798. The molecule has 0 fully saturated rings. The van der Waals surface area contributed by atoms with Crippen LogP contribution in [0.5, 0.6) is 0 Å². The van der Waals surface area contributed by atoms with E-state index in [0.29, 0.717) is 24.6 Å². The Balaban J connectivity index is 2.00. The van der Waals surface area contributed by atoms with Crippen molar-refractivity contribution in [1.29, 1.82) is 0 Å². The number of amides is 1. The number of likely N-dealkylation sites (N-methyl/N-ethyl adjacent to an activating group) is 2. The standard InChI is InChI=1S/C19H30N6O/c1-7-9-25-13-17(15(4)22-25)18(26)23(5)10-11-24(6)19-20-14(3)12-16(8-2)21-19/h12-13H,7-11H2,1-6H3. The van der Waals surface area contributed by atoms with Crippen molar-refractivity contribution in [1.82, 2.24) is 24.6 Å². The smallest absolute Gasteiger partial charge is 0.257 e. The molecule has 7 nitrogen and oxygen atoms in total. The summed E-state index contributed by atoms with van der Waals surface area (Å²) >= 11 is 0. The summed E-state index contributed by atoms with van der Waals surface area (Å²) in [7, 11) is 3.78. The van der Waals surface area contributed by atoms with Gasteiger partial charge in [-0.2, -0.15) is 5.10 Å². The molecule has 26 heavy (non-hydrogen) atoms. The molecule has 0 aliphatic heterocycles. The second-order valence-corrected chi connectivity index (χ2v) is 6.69. The van der Waals surface area contributed by atoms with E-state index in [9.17, 15) is 4.79 Å². The average Bonchev–Trinajstić information content (AvgIpc) is 2.98. The van der Waals surface area contributed by atoms with Gasteiger partial charge >= 0.3 is 0 Å². The molecular weight excluding hydrogens is 328 g/mol. The highest BCUT2D eigenvalue weighted by atomic mass is 16.2. The number of hydrogen-bond donors (Lipinski definition) is 0. The molecule has 2 heterocycles. The molecule has 2 rings (SSSR count). The summed E-state index contributed by atoms with van der Waals surface area (Å²) in [4.78, 5) is 25.5. The Bertz CT molecular complexity index is 754. The van der Waals surface area contributed by atoms with Gasteiger partial charge in [-0.1, -0.05) is 13.8 Å². The van der Waals surface area contributed by atoms with E-state index in [4.69, 9.17) is 0 Å². The van der Waals surface area contributed by atoms with Gasteiger partial charge in [0, 0.05) is 51.3 Å². The third kappa shape index (κ3) is 4.80. The highest BCUT2D eigenvalue weighted by Crippen LogP contribution is 2.11. The zero-order chi connectivity index (χ0) is 19.3. The van der Waals surface area contributed by atoms with Crippen LogP contribution in [-0.2, 0) is 13.0 Å². The van der Waals surface area contributed by atoms with Crippen molar-refractivity contribution in [2.24, 2.45) is 0 Å². The number of nitrogens with zero attached hydrogens (tertiary/aromatic N) is 6. The second kappa shape index (κ2) is 8.78. The highest BCUT2D eigenvalue weighted by molar-refractivity contribution is 5.94. The largest absolute Gasteiger partial charge is 0.342 e. The Morgan fingerprint density at radius 1 is 1.15 bits per heavy atom. The van der Waals surface area contributed by atoms with Crippen LogP contribution >= 0.6 is 0 Å². The minimum absolute atomic E-state index is 0.00217. The molecule has 142 valence electrons. The quantitative estimate of drug-likeness (QED) is 0.725. The SMILES string of the molecule is CCCn1cc(C(=O)N(C)CCN(C)c2nc(C)cc(CC)n2)c(C)n1. The van der Waals surface area contributed by atoms with Crippen molar-refractivity contribution in [3.63, 3.8) is 0 Å². The lowest BCUT2D eigenvalue weighted by Crippen LogP contribution is -2.35. The summed E-state index contributed by atoms with van der Waals surface area (Å²) in [6.45, 7) is 10.1. The maximum absolute atomic E-state index is 12.7. The number of carbonyl (C=O) groups excluding carboxylic acids is 1. The van der Waals surface area contributed by atoms with Crippen molar-refractivity contribution in [2.75, 3.05) is 32.1 Å². The summed E-state index contributed by atoms with van der Waals surface area (Å²) in [5, 5.41) is 4.41. The van der Waals surface area contributed by atoms with E-state index in [-0.39, 0.29) is 5.91 Å². The predicted octanol–water partition coefficient (Wildman–Crippen LogP) is 2.47. The van der Waals surface area contributed by atoms with Crippen LogP contribution in [0.1, 0.15) is 47.7 Å². The lowest BCUT2D eigenvalue weighted by Gasteiger charge is -2.22. The van der Waals surface area contributed by atoms with Gasteiger partial charge in [-0.05, 0) is 32.8 Å². The maximum Gasteiger partial charge on any atom is 0.257 e. The summed E-state index contributed by atoms with van der Waals surface area (Å²) < 4.78 is 1.84. The molecule has 0 saturated carbocycles.